The topological polar surface area (TPSA) is 0 Å². The number of hydrogen-bond acceptors (Lipinski definition) is 0. The predicted octanol–water partition coefficient (Wildman–Crippen LogP) is 5.69. The molecular formula is C16H32. The zero-order valence-corrected chi connectivity index (χ0v) is 12.5. The Hall–Kier alpha value is -0.260. The van der Waals surface area contributed by atoms with E-state index >= 15 is 0 Å². The summed E-state index contributed by atoms with van der Waals surface area (Å²) in [7, 11) is 0. The third-order valence-electron chi connectivity index (χ3n) is 3.06. The maximum atomic E-state index is 2.40. The Balaban J connectivity index is 3.91. The number of hydrogen-bond donors (Lipinski definition) is 0. The SMILES string of the molecule is C/C=C/C(C)CC(C)CC(C)CC(C)(C)C. The molecule has 0 aromatic carbocycles. The van der Waals surface area contributed by atoms with Crippen LogP contribution in [0, 0.1) is 23.2 Å². The lowest BCUT2D eigenvalue weighted by molar-refractivity contribution is 0.263. The molecule has 0 aromatic rings. The van der Waals surface area contributed by atoms with Gasteiger partial charge < -0.3 is 0 Å². The quantitative estimate of drug-likeness (QED) is 0.509. The molecule has 0 aromatic heterocycles. The normalized spacial score (nSPS) is 18.7. The van der Waals surface area contributed by atoms with E-state index in [-0.39, 0.29) is 0 Å². The van der Waals surface area contributed by atoms with E-state index in [0.29, 0.717) is 5.41 Å². The zero-order chi connectivity index (χ0) is 12.8. The summed E-state index contributed by atoms with van der Waals surface area (Å²) in [6.07, 6.45) is 8.55. The van der Waals surface area contributed by atoms with E-state index in [2.05, 4.69) is 60.6 Å². The van der Waals surface area contributed by atoms with Crippen LogP contribution in [0.3, 0.4) is 0 Å². The molecule has 0 heteroatoms. The van der Waals surface area contributed by atoms with E-state index in [1.165, 1.54) is 19.3 Å². The van der Waals surface area contributed by atoms with E-state index in [9.17, 15) is 0 Å². The summed E-state index contributed by atoms with van der Waals surface area (Å²) in [6.45, 7) is 16.3. The summed E-state index contributed by atoms with van der Waals surface area (Å²) >= 11 is 0. The first-order valence-electron chi connectivity index (χ1n) is 6.87. The Morgan fingerprint density at radius 2 is 1.50 bits per heavy atom. The molecule has 0 aliphatic heterocycles. The van der Waals surface area contributed by atoms with E-state index < -0.39 is 0 Å². The first kappa shape index (κ1) is 15.7. The molecule has 0 aliphatic carbocycles. The Kier molecular flexibility index (Phi) is 7.03. The van der Waals surface area contributed by atoms with Gasteiger partial charge in [-0.15, -0.1) is 0 Å². The highest BCUT2D eigenvalue weighted by Gasteiger charge is 2.17. The van der Waals surface area contributed by atoms with Gasteiger partial charge in [0.1, 0.15) is 0 Å². The van der Waals surface area contributed by atoms with Gasteiger partial charge in [-0.25, -0.2) is 0 Å². The second kappa shape index (κ2) is 7.14. The summed E-state index contributed by atoms with van der Waals surface area (Å²) in [5, 5.41) is 0. The predicted molar refractivity (Wildman–Crippen MR) is 75.6 cm³/mol. The molecule has 0 saturated carbocycles. The molecule has 0 heterocycles. The average Bonchev–Trinajstić information content (AvgIpc) is 1.98. The number of rotatable bonds is 6. The highest BCUT2D eigenvalue weighted by molar-refractivity contribution is 4.84. The molecule has 0 bridgehead atoms. The summed E-state index contributed by atoms with van der Waals surface area (Å²) in [6, 6.07) is 0. The molecule has 16 heavy (non-hydrogen) atoms. The van der Waals surface area contributed by atoms with Crippen LogP contribution >= 0.6 is 0 Å². The molecule has 0 saturated heterocycles. The van der Waals surface area contributed by atoms with Crippen LogP contribution in [-0.2, 0) is 0 Å². The minimum Gasteiger partial charge on any atom is -0.0914 e. The lowest BCUT2D eigenvalue weighted by atomic mass is 9.80. The Morgan fingerprint density at radius 1 is 0.938 bits per heavy atom. The molecular weight excluding hydrogens is 192 g/mol. The van der Waals surface area contributed by atoms with Crippen molar-refractivity contribution in [3.63, 3.8) is 0 Å². The molecule has 96 valence electrons. The highest BCUT2D eigenvalue weighted by Crippen LogP contribution is 2.29. The van der Waals surface area contributed by atoms with Crippen LogP contribution in [0.1, 0.15) is 67.7 Å². The molecule has 0 N–H and O–H groups in total. The van der Waals surface area contributed by atoms with Gasteiger partial charge in [0, 0.05) is 0 Å². The molecule has 0 rings (SSSR count). The second-order valence-electron chi connectivity index (χ2n) is 6.95. The fraction of sp³-hybridized carbons (Fsp3) is 0.875. The third kappa shape index (κ3) is 9.00. The van der Waals surface area contributed by atoms with Gasteiger partial charge in [0.25, 0.3) is 0 Å². The van der Waals surface area contributed by atoms with Crippen LogP contribution < -0.4 is 0 Å². The Morgan fingerprint density at radius 3 is 1.94 bits per heavy atom. The average molecular weight is 224 g/mol. The molecule has 0 aliphatic rings. The van der Waals surface area contributed by atoms with Gasteiger partial charge in [0.2, 0.25) is 0 Å². The van der Waals surface area contributed by atoms with Crippen LogP contribution in [0.5, 0.6) is 0 Å². The van der Waals surface area contributed by atoms with Crippen LogP contribution in [0.15, 0.2) is 12.2 Å². The second-order valence-corrected chi connectivity index (χ2v) is 6.95. The van der Waals surface area contributed by atoms with Crippen molar-refractivity contribution in [2.75, 3.05) is 0 Å². The lowest BCUT2D eigenvalue weighted by Crippen LogP contribution is -2.14. The highest BCUT2D eigenvalue weighted by atomic mass is 14.2. The fourth-order valence-corrected chi connectivity index (χ4v) is 2.95. The Labute approximate surface area is 104 Å². The molecule has 0 radical (unpaired) electrons. The molecule has 0 spiro atoms. The van der Waals surface area contributed by atoms with Crippen LogP contribution in [0.4, 0.5) is 0 Å². The van der Waals surface area contributed by atoms with Crippen molar-refractivity contribution in [2.45, 2.75) is 67.7 Å². The van der Waals surface area contributed by atoms with Gasteiger partial charge in [-0.2, -0.15) is 0 Å². The van der Waals surface area contributed by atoms with Gasteiger partial charge in [0.05, 0.1) is 0 Å². The van der Waals surface area contributed by atoms with Crippen molar-refractivity contribution in [1.82, 2.24) is 0 Å². The third-order valence-corrected chi connectivity index (χ3v) is 3.06. The van der Waals surface area contributed by atoms with Crippen molar-refractivity contribution in [1.29, 1.82) is 0 Å². The van der Waals surface area contributed by atoms with Crippen LogP contribution in [-0.4, -0.2) is 0 Å². The van der Waals surface area contributed by atoms with Gasteiger partial charge in [-0.3, -0.25) is 0 Å². The molecule has 0 fully saturated rings. The minimum absolute atomic E-state index is 0.480. The van der Waals surface area contributed by atoms with Crippen LogP contribution in [0.25, 0.3) is 0 Å². The lowest BCUT2D eigenvalue weighted by Gasteiger charge is -2.26. The van der Waals surface area contributed by atoms with Crippen molar-refractivity contribution in [2.24, 2.45) is 23.2 Å². The van der Waals surface area contributed by atoms with Gasteiger partial charge >= 0.3 is 0 Å². The summed E-state index contributed by atoms with van der Waals surface area (Å²) in [5.74, 6) is 2.44. The molecule has 3 unspecified atom stereocenters. The minimum atomic E-state index is 0.480. The smallest absolute Gasteiger partial charge is 0.0260 e. The van der Waals surface area contributed by atoms with Crippen molar-refractivity contribution < 1.29 is 0 Å². The van der Waals surface area contributed by atoms with E-state index in [1.54, 1.807) is 0 Å². The molecule has 0 nitrogen and oxygen atoms in total. The Bertz CT molecular complexity index is 195. The first-order valence-corrected chi connectivity index (χ1v) is 6.87. The van der Waals surface area contributed by atoms with Crippen molar-refractivity contribution in [3.8, 4) is 0 Å². The largest absolute Gasteiger partial charge is 0.0914 e. The molecule has 3 atom stereocenters. The summed E-state index contributed by atoms with van der Waals surface area (Å²) in [5.41, 5.74) is 0.480. The van der Waals surface area contributed by atoms with Crippen LogP contribution in [0.2, 0.25) is 0 Å². The zero-order valence-electron chi connectivity index (χ0n) is 12.5. The van der Waals surface area contributed by atoms with Gasteiger partial charge in [0.15, 0.2) is 0 Å². The van der Waals surface area contributed by atoms with Crippen molar-refractivity contribution in [3.05, 3.63) is 12.2 Å². The standard InChI is InChI=1S/C16H32/c1-8-9-13(2)10-14(3)11-15(4)12-16(5,6)7/h8-9,13-15H,10-12H2,1-7H3/b9-8+. The van der Waals surface area contributed by atoms with Gasteiger partial charge in [-0.05, 0) is 49.4 Å². The van der Waals surface area contributed by atoms with Gasteiger partial charge in [-0.1, -0.05) is 53.7 Å². The van der Waals surface area contributed by atoms with Crippen molar-refractivity contribution >= 4 is 0 Å². The summed E-state index contributed by atoms with van der Waals surface area (Å²) in [4.78, 5) is 0. The maximum absolute atomic E-state index is 2.40. The first-order chi connectivity index (χ1) is 7.24. The van der Waals surface area contributed by atoms with E-state index in [4.69, 9.17) is 0 Å². The molecule has 0 amide bonds. The maximum Gasteiger partial charge on any atom is -0.0260 e. The van der Waals surface area contributed by atoms with E-state index in [1.807, 2.05) is 0 Å². The fourth-order valence-electron chi connectivity index (χ4n) is 2.95. The van der Waals surface area contributed by atoms with E-state index in [0.717, 1.165) is 17.8 Å². The summed E-state index contributed by atoms with van der Waals surface area (Å²) < 4.78 is 0. The number of allylic oxidation sites excluding steroid dienone is 2. The monoisotopic (exact) mass is 224 g/mol.